The minimum absolute atomic E-state index is 0.152. The molecule has 0 unspecified atom stereocenters. The van der Waals surface area contributed by atoms with Gasteiger partial charge in [0.25, 0.3) is 0 Å². The summed E-state index contributed by atoms with van der Waals surface area (Å²) in [6.45, 7) is 3.85. The van der Waals surface area contributed by atoms with E-state index in [1.54, 1.807) is 0 Å². The third-order valence-corrected chi connectivity index (χ3v) is 3.10. The van der Waals surface area contributed by atoms with Gasteiger partial charge in [-0.2, -0.15) is 27.6 Å². The summed E-state index contributed by atoms with van der Waals surface area (Å²) >= 11 is 0.702. The van der Waals surface area contributed by atoms with Gasteiger partial charge in [0, 0.05) is 17.2 Å². The lowest BCUT2D eigenvalue weighted by atomic mass is 10.3. The van der Waals surface area contributed by atoms with Crippen LogP contribution in [0.15, 0.2) is 6.07 Å². The highest BCUT2D eigenvalue weighted by Crippen LogP contribution is 2.28. The second-order valence-electron chi connectivity index (χ2n) is 3.64. The lowest BCUT2D eigenvalue weighted by Gasteiger charge is -2.00. The first-order chi connectivity index (χ1) is 8.45. The Kier molecular flexibility index (Phi) is 3.38. The van der Waals surface area contributed by atoms with E-state index in [0.29, 0.717) is 18.0 Å². The second kappa shape index (κ2) is 4.68. The number of rotatable bonds is 3. The standard InChI is InChI=1S/C10H11F3N4S/c1-3-6-5-7(4-2)17(15-6)9-14-8(16-18-9)10(11,12)13/h5H,3-4H2,1-2H3. The van der Waals surface area contributed by atoms with Gasteiger partial charge in [-0.05, 0) is 18.9 Å². The molecule has 2 aromatic heterocycles. The third-order valence-electron chi connectivity index (χ3n) is 2.41. The van der Waals surface area contributed by atoms with Crippen molar-refractivity contribution in [2.75, 3.05) is 0 Å². The summed E-state index contributed by atoms with van der Waals surface area (Å²) in [5, 5.41) is 4.37. The molecule has 0 aliphatic heterocycles. The molecule has 0 saturated carbocycles. The molecule has 0 radical (unpaired) electrons. The average Bonchev–Trinajstić information content (AvgIpc) is 2.94. The molecule has 0 N–H and O–H groups in total. The van der Waals surface area contributed by atoms with Crippen LogP contribution in [0.25, 0.3) is 5.13 Å². The van der Waals surface area contributed by atoms with Crippen LogP contribution in [0.3, 0.4) is 0 Å². The van der Waals surface area contributed by atoms with Crippen molar-refractivity contribution in [3.63, 3.8) is 0 Å². The number of hydrogen-bond donors (Lipinski definition) is 0. The SMILES string of the molecule is CCc1cc(CC)n(-c2nc(C(F)(F)F)ns2)n1. The van der Waals surface area contributed by atoms with Crippen LogP contribution in [0.1, 0.15) is 31.1 Å². The Morgan fingerprint density at radius 3 is 2.50 bits per heavy atom. The highest BCUT2D eigenvalue weighted by atomic mass is 32.1. The Labute approximate surface area is 106 Å². The Balaban J connectivity index is 2.42. The summed E-state index contributed by atoms with van der Waals surface area (Å²) in [7, 11) is 0. The lowest BCUT2D eigenvalue weighted by Crippen LogP contribution is -2.08. The van der Waals surface area contributed by atoms with Gasteiger partial charge in [0.1, 0.15) is 0 Å². The van der Waals surface area contributed by atoms with Crippen molar-refractivity contribution in [3.05, 3.63) is 23.3 Å². The van der Waals surface area contributed by atoms with E-state index in [1.807, 2.05) is 19.9 Å². The number of hydrogen-bond acceptors (Lipinski definition) is 4. The van der Waals surface area contributed by atoms with Gasteiger partial charge in [-0.25, -0.2) is 4.68 Å². The van der Waals surface area contributed by atoms with E-state index in [1.165, 1.54) is 4.68 Å². The predicted octanol–water partition coefficient (Wildman–Crippen LogP) is 2.87. The van der Waals surface area contributed by atoms with Gasteiger partial charge in [-0.15, -0.1) is 0 Å². The molecule has 0 fully saturated rings. The van der Waals surface area contributed by atoms with Crippen molar-refractivity contribution in [1.29, 1.82) is 0 Å². The van der Waals surface area contributed by atoms with Crippen LogP contribution >= 0.6 is 11.5 Å². The normalized spacial score (nSPS) is 12.1. The summed E-state index contributed by atoms with van der Waals surface area (Å²) in [4.78, 5) is 3.49. The number of aromatic nitrogens is 4. The molecule has 0 bridgehead atoms. The average molecular weight is 276 g/mol. The molecule has 98 valence electrons. The van der Waals surface area contributed by atoms with E-state index in [0.717, 1.165) is 17.8 Å². The fraction of sp³-hybridized carbons (Fsp3) is 0.500. The quantitative estimate of drug-likeness (QED) is 0.865. The highest BCUT2D eigenvalue weighted by Gasteiger charge is 2.36. The molecule has 2 heterocycles. The first kappa shape index (κ1) is 13.0. The Bertz CT molecular complexity index is 544. The summed E-state index contributed by atoms with van der Waals surface area (Å²) in [5.74, 6) is -1.11. The number of aryl methyl sites for hydroxylation is 2. The molecule has 0 atom stereocenters. The summed E-state index contributed by atoms with van der Waals surface area (Å²) < 4.78 is 42.0. The zero-order chi connectivity index (χ0) is 13.3. The van der Waals surface area contributed by atoms with E-state index in [-0.39, 0.29) is 5.13 Å². The largest absolute Gasteiger partial charge is 0.452 e. The highest BCUT2D eigenvalue weighted by molar-refractivity contribution is 7.08. The van der Waals surface area contributed by atoms with Crippen molar-refractivity contribution in [3.8, 4) is 5.13 Å². The van der Waals surface area contributed by atoms with Gasteiger partial charge in [-0.3, -0.25) is 0 Å². The first-order valence-corrected chi connectivity index (χ1v) is 6.22. The zero-order valence-corrected chi connectivity index (χ0v) is 10.6. The van der Waals surface area contributed by atoms with Crippen LogP contribution in [0.5, 0.6) is 0 Å². The molecule has 0 amide bonds. The molecule has 8 heteroatoms. The molecule has 4 nitrogen and oxygen atoms in total. The molecular formula is C10H11F3N4S. The van der Waals surface area contributed by atoms with Gasteiger partial charge in [0.15, 0.2) is 0 Å². The van der Waals surface area contributed by atoms with Crippen LogP contribution < -0.4 is 0 Å². The molecule has 2 rings (SSSR count). The van der Waals surface area contributed by atoms with Gasteiger partial charge in [-0.1, -0.05) is 13.8 Å². The fourth-order valence-electron chi connectivity index (χ4n) is 1.48. The van der Waals surface area contributed by atoms with Gasteiger partial charge in [0.2, 0.25) is 11.0 Å². The smallest absolute Gasteiger partial charge is 0.209 e. The zero-order valence-electron chi connectivity index (χ0n) is 9.82. The molecule has 2 aromatic rings. The summed E-state index contributed by atoms with van der Waals surface area (Å²) in [6, 6.07) is 1.87. The Morgan fingerprint density at radius 2 is 2.00 bits per heavy atom. The van der Waals surface area contributed by atoms with E-state index in [4.69, 9.17) is 0 Å². The molecule has 0 aromatic carbocycles. The minimum Gasteiger partial charge on any atom is -0.209 e. The third kappa shape index (κ3) is 2.38. The van der Waals surface area contributed by atoms with Crippen molar-refractivity contribution in [1.82, 2.24) is 19.1 Å². The van der Waals surface area contributed by atoms with Gasteiger partial charge < -0.3 is 0 Å². The predicted molar refractivity (Wildman–Crippen MR) is 60.8 cm³/mol. The van der Waals surface area contributed by atoms with Crippen LogP contribution in [0, 0.1) is 0 Å². The first-order valence-electron chi connectivity index (χ1n) is 5.44. The maximum Gasteiger partial charge on any atom is 0.452 e. The number of nitrogens with zero attached hydrogens (tertiary/aromatic N) is 4. The van der Waals surface area contributed by atoms with Gasteiger partial charge in [0.05, 0.1) is 5.69 Å². The minimum atomic E-state index is -4.51. The van der Waals surface area contributed by atoms with Crippen molar-refractivity contribution in [2.24, 2.45) is 0 Å². The van der Waals surface area contributed by atoms with Crippen LogP contribution in [-0.2, 0) is 19.0 Å². The van der Waals surface area contributed by atoms with Crippen molar-refractivity contribution in [2.45, 2.75) is 32.9 Å². The van der Waals surface area contributed by atoms with Crippen molar-refractivity contribution < 1.29 is 13.2 Å². The second-order valence-corrected chi connectivity index (χ2v) is 4.37. The fourth-order valence-corrected chi connectivity index (χ4v) is 2.16. The van der Waals surface area contributed by atoms with E-state index in [2.05, 4.69) is 14.5 Å². The topological polar surface area (TPSA) is 43.6 Å². The number of halogens is 3. The maximum absolute atomic E-state index is 12.4. The van der Waals surface area contributed by atoms with E-state index in [9.17, 15) is 13.2 Å². The molecule has 18 heavy (non-hydrogen) atoms. The van der Waals surface area contributed by atoms with Crippen LogP contribution in [0.4, 0.5) is 13.2 Å². The Hall–Kier alpha value is -1.44. The summed E-state index contributed by atoms with van der Waals surface area (Å²) in [6.07, 6.45) is -3.11. The monoisotopic (exact) mass is 276 g/mol. The molecule has 0 saturated heterocycles. The Morgan fingerprint density at radius 1 is 1.28 bits per heavy atom. The number of alkyl halides is 3. The van der Waals surface area contributed by atoms with Gasteiger partial charge >= 0.3 is 6.18 Å². The van der Waals surface area contributed by atoms with Crippen LogP contribution in [0.2, 0.25) is 0 Å². The molecule has 0 spiro atoms. The summed E-state index contributed by atoms with van der Waals surface area (Å²) in [5.41, 5.74) is 1.66. The molecular weight excluding hydrogens is 265 g/mol. The van der Waals surface area contributed by atoms with E-state index < -0.39 is 12.0 Å². The maximum atomic E-state index is 12.4. The lowest BCUT2D eigenvalue weighted by molar-refractivity contribution is -0.144. The molecule has 0 aliphatic rings. The van der Waals surface area contributed by atoms with Crippen LogP contribution in [-0.4, -0.2) is 19.1 Å². The van der Waals surface area contributed by atoms with E-state index >= 15 is 0 Å². The molecule has 0 aliphatic carbocycles. The van der Waals surface area contributed by atoms with Crippen molar-refractivity contribution >= 4 is 11.5 Å².